The van der Waals surface area contributed by atoms with Crippen LogP contribution in [0.3, 0.4) is 0 Å². The van der Waals surface area contributed by atoms with Gasteiger partial charge in [0, 0.05) is 0 Å². The standard InChI is InChI=1S/C7H5F7O2/c8-4-1-2-15-7(13,14)5(9,10)3-16-6(4,11)12/h1H,2-3H2/b4-1+. The SMILES string of the molecule is F/C1=C/COC(F)(F)C(F)(F)COC1(F)F. The highest BCUT2D eigenvalue weighted by atomic mass is 19.3. The number of rotatable bonds is 0. The lowest BCUT2D eigenvalue weighted by molar-refractivity contribution is -0.365. The average molecular weight is 254 g/mol. The molecule has 0 fully saturated rings. The van der Waals surface area contributed by atoms with Gasteiger partial charge in [0.25, 0.3) is 0 Å². The molecule has 0 aromatic rings. The zero-order chi connectivity index (χ0) is 12.6. The Morgan fingerprint density at radius 3 is 2.12 bits per heavy atom. The number of alkyl halides is 6. The van der Waals surface area contributed by atoms with Crippen LogP contribution >= 0.6 is 0 Å². The zero-order valence-corrected chi connectivity index (χ0v) is 7.45. The molecule has 1 aliphatic heterocycles. The molecule has 1 aliphatic rings. The van der Waals surface area contributed by atoms with Gasteiger partial charge in [-0.1, -0.05) is 0 Å². The maximum absolute atomic E-state index is 12.6. The summed E-state index contributed by atoms with van der Waals surface area (Å²) in [7, 11) is 0. The Bertz CT molecular complexity index is 299. The Hall–Kier alpha value is -0.830. The lowest BCUT2D eigenvalue weighted by Crippen LogP contribution is -2.47. The van der Waals surface area contributed by atoms with Crippen LogP contribution in [0.5, 0.6) is 0 Å². The fourth-order valence-corrected chi connectivity index (χ4v) is 0.778. The second-order valence-corrected chi connectivity index (χ2v) is 2.89. The van der Waals surface area contributed by atoms with Crippen LogP contribution in [0.2, 0.25) is 0 Å². The first-order valence-corrected chi connectivity index (χ1v) is 3.86. The molecule has 9 heteroatoms. The van der Waals surface area contributed by atoms with E-state index in [9.17, 15) is 30.7 Å². The molecule has 2 nitrogen and oxygen atoms in total. The van der Waals surface area contributed by atoms with Gasteiger partial charge in [-0.05, 0) is 6.08 Å². The lowest BCUT2D eigenvalue weighted by atomic mass is 10.3. The van der Waals surface area contributed by atoms with Gasteiger partial charge in [-0.3, -0.25) is 0 Å². The molecule has 0 aromatic carbocycles. The van der Waals surface area contributed by atoms with E-state index in [1.807, 2.05) is 0 Å². The predicted octanol–water partition coefficient (Wildman–Crippen LogP) is 2.71. The molecule has 0 unspecified atom stereocenters. The predicted molar refractivity (Wildman–Crippen MR) is 35.9 cm³/mol. The molecule has 0 aromatic heterocycles. The van der Waals surface area contributed by atoms with Gasteiger partial charge >= 0.3 is 18.1 Å². The van der Waals surface area contributed by atoms with Crippen molar-refractivity contribution in [1.82, 2.24) is 0 Å². The van der Waals surface area contributed by atoms with Crippen molar-refractivity contribution in [3.63, 3.8) is 0 Å². The lowest BCUT2D eigenvalue weighted by Gasteiger charge is -2.25. The molecule has 0 saturated heterocycles. The maximum Gasteiger partial charge on any atom is 0.422 e. The van der Waals surface area contributed by atoms with Crippen molar-refractivity contribution in [1.29, 1.82) is 0 Å². The monoisotopic (exact) mass is 254 g/mol. The number of hydrogen-bond acceptors (Lipinski definition) is 2. The Morgan fingerprint density at radius 1 is 1.00 bits per heavy atom. The number of halogens is 7. The van der Waals surface area contributed by atoms with E-state index in [2.05, 4.69) is 9.47 Å². The summed E-state index contributed by atoms with van der Waals surface area (Å²) in [6.07, 6.45) is -9.78. The Labute approximate surface area is 84.6 Å². The third-order valence-corrected chi connectivity index (χ3v) is 1.67. The van der Waals surface area contributed by atoms with Crippen LogP contribution in [-0.2, 0) is 9.47 Å². The van der Waals surface area contributed by atoms with Crippen molar-refractivity contribution < 1.29 is 40.2 Å². The minimum Gasteiger partial charge on any atom is -0.311 e. The Balaban J connectivity index is 2.97. The smallest absolute Gasteiger partial charge is 0.311 e. The first-order valence-electron chi connectivity index (χ1n) is 3.86. The Kier molecular flexibility index (Phi) is 3.21. The fraction of sp³-hybridized carbons (Fsp3) is 0.714. The summed E-state index contributed by atoms with van der Waals surface area (Å²) in [5, 5.41) is 0. The molecular weight excluding hydrogens is 249 g/mol. The summed E-state index contributed by atoms with van der Waals surface area (Å²) in [6.45, 7) is -3.79. The van der Waals surface area contributed by atoms with Crippen LogP contribution in [-0.4, -0.2) is 31.4 Å². The van der Waals surface area contributed by atoms with Crippen molar-refractivity contribution in [2.45, 2.75) is 18.1 Å². The molecule has 0 spiro atoms. The summed E-state index contributed by atoms with van der Waals surface area (Å²) in [5.41, 5.74) is 0. The maximum atomic E-state index is 12.6. The van der Waals surface area contributed by atoms with E-state index in [1.54, 1.807) is 0 Å². The molecule has 1 rings (SSSR count). The highest BCUT2D eigenvalue weighted by Crippen LogP contribution is 2.39. The van der Waals surface area contributed by atoms with Gasteiger partial charge in [-0.15, -0.1) is 0 Å². The van der Waals surface area contributed by atoms with Gasteiger partial charge in [0.2, 0.25) is 0 Å². The first-order chi connectivity index (χ1) is 7.08. The molecule has 0 aliphatic carbocycles. The van der Waals surface area contributed by atoms with Crippen molar-refractivity contribution in [3.8, 4) is 0 Å². The normalized spacial score (nSPS) is 31.8. The minimum atomic E-state index is -5.01. The van der Waals surface area contributed by atoms with E-state index in [-0.39, 0.29) is 6.08 Å². The van der Waals surface area contributed by atoms with E-state index in [0.717, 1.165) is 0 Å². The van der Waals surface area contributed by atoms with Crippen LogP contribution in [0, 0.1) is 0 Å². The first kappa shape index (κ1) is 13.2. The van der Waals surface area contributed by atoms with Gasteiger partial charge < -0.3 is 9.47 Å². The molecule has 0 radical (unpaired) electrons. The second kappa shape index (κ2) is 3.88. The van der Waals surface area contributed by atoms with Gasteiger partial charge in [-0.2, -0.15) is 26.3 Å². The molecule has 1 heterocycles. The summed E-state index contributed by atoms with van der Waals surface area (Å²) in [4.78, 5) is 0. The van der Waals surface area contributed by atoms with Gasteiger partial charge in [-0.25, -0.2) is 4.39 Å². The Morgan fingerprint density at radius 2 is 1.56 bits per heavy atom. The van der Waals surface area contributed by atoms with Crippen LogP contribution in [0.25, 0.3) is 0 Å². The molecule has 0 atom stereocenters. The van der Waals surface area contributed by atoms with Crippen LogP contribution in [0.1, 0.15) is 0 Å². The average Bonchev–Trinajstić information content (AvgIpc) is 2.15. The molecule has 16 heavy (non-hydrogen) atoms. The van der Waals surface area contributed by atoms with E-state index in [0.29, 0.717) is 0 Å². The van der Waals surface area contributed by atoms with Gasteiger partial charge in [0.05, 0.1) is 6.61 Å². The van der Waals surface area contributed by atoms with Crippen LogP contribution in [0.4, 0.5) is 30.7 Å². The number of hydrogen-bond donors (Lipinski definition) is 0. The third-order valence-electron chi connectivity index (χ3n) is 1.67. The summed E-state index contributed by atoms with van der Waals surface area (Å²) in [5.74, 6) is -7.24. The van der Waals surface area contributed by atoms with Crippen LogP contribution in [0.15, 0.2) is 11.9 Å². The topological polar surface area (TPSA) is 18.5 Å². The number of ether oxygens (including phenoxy) is 2. The third kappa shape index (κ3) is 2.46. The molecule has 0 saturated carbocycles. The van der Waals surface area contributed by atoms with E-state index in [1.165, 1.54) is 0 Å². The van der Waals surface area contributed by atoms with Gasteiger partial charge in [0.15, 0.2) is 5.83 Å². The minimum absolute atomic E-state index is 0.102. The molecule has 0 amide bonds. The van der Waals surface area contributed by atoms with Gasteiger partial charge in [0.1, 0.15) is 6.61 Å². The summed E-state index contributed by atoms with van der Waals surface area (Å²) >= 11 is 0. The quantitative estimate of drug-likeness (QED) is 0.619. The molecule has 0 bridgehead atoms. The van der Waals surface area contributed by atoms with Crippen molar-refractivity contribution in [3.05, 3.63) is 11.9 Å². The fourth-order valence-electron chi connectivity index (χ4n) is 0.778. The summed E-state index contributed by atoms with van der Waals surface area (Å²) < 4.78 is 94.2. The largest absolute Gasteiger partial charge is 0.422 e. The molecule has 0 N–H and O–H groups in total. The second-order valence-electron chi connectivity index (χ2n) is 2.89. The van der Waals surface area contributed by atoms with Crippen molar-refractivity contribution in [2.75, 3.05) is 13.2 Å². The van der Waals surface area contributed by atoms with Crippen molar-refractivity contribution >= 4 is 0 Å². The molecule has 94 valence electrons. The van der Waals surface area contributed by atoms with Crippen LogP contribution < -0.4 is 0 Å². The highest BCUT2D eigenvalue weighted by molar-refractivity contribution is 5.01. The highest BCUT2D eigenvalue weighted by Gasteiger charge is 2.60. The molecular formula is C7H5F7O2. The van der Waals surface area contributed by atoms with E-state index >= 15 is 0 Å². The van der Waals surface area contributed by atoms with E-state index in [4.69, 9.17) is 0 Å². The van der Waals surface area contributed by atoms with Crippen molar-refractivity contribution in [2.24, 2.45) is 0 Å². The van der Waals surface area contributed by atoms with E-state index < -0.39 is 37.2 Å². The zero-order valence-electron chi connectivity index (χ0n) is 7.45. The summed E-state index contributed by atoms with van der Waals surface area (Å²) in [6, 6.07) is 0.